The molecule has 1 aliphatic heterocycles. The van der Waals surface area contributed by atoms with Crippen molar-refractivity contribution in [1.82, 2.24) is 4.90 Å². The molecule has 1 aromatic carbocycles. The minimum atomic E-state index is -0.0179. The number of benzene rings is 1. The molecule has 0 aliphatic carbocycles. The Bertz CT molecular complexity index is 454. The number of carbonyl (C=O) groups excluding carboxylic acids is 1. The molecule has 1 heterocycles. The van der Waals surface area contributed by atoms with E-state index in [0.29, 0.717) is 11.6 Å². The number of aromatic hydroxyl groups is 1. The van der Waals surface area contributed by atoms with Gasteiger partial charge in [0, 0.05) is 12.6 Å². The van der Waals surface area contributed by atoms with E-state index in [4.69, 9.17) is 0 Å². The van der Waals surface area contributed by atoms with Crippen LogP contribution < -0.4 is 0 Å². The predicted octanol–water partition coefficient (Wildman–Crippen LogP) is 3.50. The van der Waals surface area contributed by atoms with Gasteiger partial charge in [-0.15, -0.1) is 0 Å². The molecule has 19 heavy (non-hydrogen) atoms. The molecular formula is C16H23NO2. The van der Waals surface area contributed by atoms with Gasteiger partial charge in [-0.25, -0.2) is 0 Å². The number of hydrogen-bond acceptors (Lipinski definition) is 2. The first kappa shape index (κ1) is 13.9. The highest BCUT2D eigenvalue weighted by Gasteiger charge is 2.28. The Hall–Kier alpha value is -1.51. The first-order valence-electron chi connectivity index (χ1n) is 7.24. The van der Waals surface area contributed by atoms with Gasteiger partial charge >= 0.3 is 0 Å². The van der Waals surface area contributed by atoms with E-state index in [1.54, 1.807) is 12.1 Å². The van der Waals surface area contributed by atoms with E-state index in [1.807, 2.05) is 17.9 Å². The van der Waals surface area contributed by atoms with E-state index in [2.05, 4.69) is 6.92 Å². The van der Waals surface area contributed by atoms with Crippen molar-refractivity contribution in [1.29, 1.82) is 0 Å². The van der Waals surface area contributed by atoms with Gasteiger partial charge in [0.25, 0.3) is 5.91 Å². The highest BCUT2D eigenvalue weighted by molar-refractivity contribution is 5.97. The minimum absolute atomic E-state index is 0.0179. The van der Waals surface area contributed by atoms with Crippen LogP contribution in [0.4, 0.5) is 0 Å². The fraction of sp³-hybridized carbons (Fsp3) is 0.562. The van der Waals surface area contributed by atoms with Crippen molar-refractivity contribution in [2.24, 2.45) is 0 Å². The lowest BCUT2D eigenvalue weighted by atomic mass is 9.97. The molecule has 104 valence electrons. The highest BCUT2D eigenvalue weighted by Crippen LogP contribution is 2.26. The molecule has 1 unspecified atom stereocenters. The molecule has 1 atom stereocenters. The summed E-state index contributed by atoms with van der Waals surface area (Å²) in [5.74, 6) is 0.0847. The van der Waals surface area contributed by atoms with Crippen molar-refractivity contribution in [3.63, 3.8) is 0 Å². The summed E-state index contributed by atoms with van der Waals surface area (Å²) in [4.78, 5) is 14.5. The van der Waals surface area contributed by atoms with Crippen molar-refractivity contribution in [2.45, 2.75) is 52.0 Å². The zero-order chi connectivity index (χ0) is 13.8. The average Bonchev–Trinajstić information content (AvgIpc) is 2.39. The molecule has 1 N–H and O–H groups in total. The van der Waals surface area contributed by atoms with Crippen LogP contribution >= 0.6 is 0 Å². The van der Waals surface area contributed by atoms with E-state index in [0.717, 1.165) is 37.8 Å². The number of hydrogen-bond donors (Lipinski definition) is 1. The number of amides is 1. The predicted molar refractivity (Wildman–Crippen MR) is 76.4 cm³/mol. The Labute approximate surface area is 115 Å². The van der Waals surface area contributed by atoms with Crippen LogP contribution in [0.25, 0.3) is 0 Å². The van der Waals surface area contributed by atoms with Crippen molar-refractivity contribution < 1.29 is 9.90 Å². The first-order valence-corrected chi connectivity index (χ1v) is 7.24. The second kappa shape index (κ2) is 6.09. The third-order valence-corrected chi connectivity index (χ3v) is 3.89. The number of phenols is 1. The molecular weight excluding hydrogens is 238 g/mol. The molecule has 1 fully saturated rings. The maximum atomic E-state index is 12.6. The molecule has 0 bridgehead atoms. The summed E-state index contributed by atoms with van der Waals surface area (Å²) in [5, 5.41) is 9.96. The lowest BCUT2D eigenvalue weighted by Crippen LogP contribution is -2.43. The third-order valence-electron chi connectivity index (χ3n) is 3.89. The molecule has 0 aromatic heterocycles. The molecule has 0 saturated carbocycles. The van der Waals surface area contributed by atoms with E-state index in [1.165, 1.54) is 6.42 Å². The SMILES string of the molecule is CCCC1CCCCN1C(=O)c1ccc(C)cc1O. The summed E-state index contributed by atoms with van der Waals surface area (Å²) in [5.41, 5.74) is 1.41. The van der Waals surface area contributed by atoms with Crippen molar-refractivity contribution in [3.05, 3.63) is 29.3 Å². The normalized spacial score (nSPS) is 19.5. The van der Waals surface area contributed by atoms with Gasteiger partial charge < -0.3 is 10.0 Å². The van der Waals surface area contributed by atoms with Crippen LogP contribution in [0.1, 0.15) is 54.9 Å². The smallest absolute Gasteiger partial charge is 0.257 e. The number of carbonyl (C=O) groups is 1. The summed E-state index contributed by atoms with van der Waals surface area (Å²) in [6.45, 7) is 4.88. The number of aryl methyl sites for hydroxylation is 1. The van der Waals surface area contributed by atoms with Crippen molar-refractivity contribution in [3.8, 4) is 5.75 Å². The fourth-order valence-electron chi connectivity index (χ4n) is 2.88. The van der Waals surface area contributed by atoms with Crippen molar-refractivity contribution >= 4 is 5.91 Å². The van der Waals surface area contributed by atoms with Gasteiger partial charge in [0.05, 0.1) is 5.56 Å². The molecule has 1 aliphatic rings. The highest BCUT2D eigenvalue weighted by atomic mass is 16.3. The van der Waals surface area contributed by atoms with Gasteiger partial charge in [-0.3, -0.25) is 4.79 Å². The summed E-state index contributed by atoms with van der Waals surface area (Å²) in [6.07, 6.45) is 5.51. The molecule has 2 rings (SSSR count). The summed E-state index contributed by atoms with van der Waals surface area (Å²) >= 11 is 0. The number of piperidine rings is 1. The van der Waals surface area contributed by atoms with Gasteiger partial charge in [0.1, 0.15) is 5.75 Å². The molecule has 3 heteroatoms. The van der Waals surface area contributed by atoms with Crippen LogP contribution in [0.15, 0.2) is 18.2 Å². The van der Waals surface area contributed by atoms with Crippen LogP contribution in [0, 0.1) is 6.92 Å². The Morgan fingerprint density at radius 2 is 2.21 bits per heavy atom. The lowest BCUT2D eigenvalue weighted by Gasteiger charge is -2.36. The Kier molecular flexibility index (Phi) is 4.46. The third kappa shape index (κ3) is 3.09. The topological polar surface area (TPSA) is 40.5 Å². The minimum Gasteiger partial charge on any atom is -0.507 e. The molecule has 0 spiro atoms. The average molecular weight is 261 g/mol. The number of nitrogens with zero attached hydrogens (tertiary/aromatic N) is 1. The van der Waals surface area contributed by atoms with Crippen LogP contribution in [-0.2, 0) is 0 Å². The maximum absolute atomic E-state index is 12.6. The standard InChI is InChI=1S/C16H23NO2/c1-3-6-13-7-4-5-10-17(13)16(19)14-9-8-12(2)11-15(14)18/h8-9,11,13,18H,3-7,10H2,1-2H3. The summed E-state index contributed by atoms with van der Waals surface area (Å²) < 4.78 is 0. The summed E-state index contributed by atoms with van der Waals surface area (Å²) in [7, 11) is 0. The van der Waals surface area contributed by atoms with E-state index in [-0.39, 0.29) is 11.7 Å². The molecule has 1 amide bonds. The Morgan fingerprint density at radius 3 is 2.89 bits per heavy atom. The largest absolute Gasteiger partial charge is 0.507 e. The second-order valence-corrected chi connectivity index (χ2v) is 5.46. The number of likely N-dealkylation sites (tertiary alicyclic amines) is 1. The first-order chi connectivity index (χ1) is 9.13. The zero-order valence-electron chi connectivity index (χ0n) is 11.9. The molecule has 1 aromatic rings. The van der Waals surface area contributed by atoms with E-state index >= 15 is 0 Å². The fourth-order valence-corrected chi connectivity index (χ4v) is 2.88. The number of phenolic OH excluding ortho intramolecular Hbond substituents is 1. The van der Waals surface area contributed by atoms with Crippen molar-refractivity contribution in [2.75, 3.05) is 6.54 Å². The molecule has 0 radical (unpaired) electrons. The monoisotopic (exact) mass is 261 g/mol. The van der Waals surface area contributed by atoms with Gasteiger partial charge in [-0.05, 0) is 50.3 Å². The summed E-state index contributed by atoms with van der Waals surface area (Å²) in [6, 6.07) is 5.62. The second-order valence-electron chi connectivity index (χ2n) is 5.46. The zero-order valence-corrected chi connectivity index (χ0v) is 11.9. The van der Waals surface area contributed by atoms with E-state index < -0.39 is 0 Å². The molecule has 3 nitrogen and oxygen atoms in total. The van der Waals surface area contributed by atoms with Crippen LogP contribution in [0.5, 0.6) is 5.75 Å². The molecule has 1 saturated heterocycles. The lowest BCUT2D eigenvalue weighted by molar-refractivity contribution is 0.0597. The maximum Gasteiger partial charge on any atom is 0.257 e. The van der Waals surface area contributed by atoms with Gasteiger partial charge in [0.2, 0.25) is 0 Å². The Morgan fingerprint density at radius 1 is 1.42 bits per heavy atom. The van der Waals surface area contributed by atoms with Gasteiger partial charge in [-0.2, -0.15) is 0 Å². The van der Waals surface area contributed by atoms with E-state index in [9.17, 15) is 9.90 Å². The Balaban J connectivity index is 2.21. The van der Waals surface area contributed by atoms with Gasteiger partial charge in [0.15, 0.2) is 0 Å². The quantitative estimate of drug-likeness (QED) is 0.904. The number of rotatable bonds is 3. The van der Waals surface area contributed by atoms with Gasteiger partial charge in [-0.1, -0.05) is 19.4 Å². The van der Waals surface area contributed by atoms with Crippen LogP contribution in [0.2, 0.25) is 0 Å². The van der Waals surface area contributed by atoms with Crippen LogP contribution in [0.3, 0.4) is 0 Å². The van der Waals surface area contributed by atoms with Crippen LogP contribution in [-0.4, -0.2) is 28.5 Å².